The number of nitrogens with zero attached hydrogens (tertiary/aromatic N) is 1. The molecule has 0 saturated carbocycles. The number of rotatable bonds is 10. The van der Waals surface area contributed by atoms with Crippen LogP contribution in [-0.2, 0) is 16.0 Å². The molecule has 0 spiro atoms. The first-order valence-electron chi connectivity index (χ1n) is 8.81. The Hall–Kier alpha value is -3.29. The van der Waals surface area contributed by atoms with Crippen LogP contribution in [0, 0.1) is 0 Å². The second-order valence-electron chi connectivity index (χ2n) is 5.65. The monoisotopic (exact) mass is 388 g/mol. The molecule has 1 aromatic heterocycles. The van der Waals surface area contributed by atoms with Gasteiger partial charge in [0.2, 0.25) is 5.88 Å². The largest absolute Gasteiger partial charge is 0.493 e. The molecule has 0 radical (unpaired) electrons. The van der Waals surface area contributed by atoms with Crippen LogP contribution in [0.4, 0.5) is 0 Å². The van der Waals surface area contributed by atoms with Crippen LogP contribution in [0.15, 0.2) is 36.5 Å². The second kappa shape index (κ2) is 10.8. The van der Waals surface area contributed by atoms with Crippen molar-refractivity contribution in [3.63, 3.8) is 0 Å². The Morgan fingerprint density at radius 1 is 1.11 bits per heavy atom. The first-order chi connectivity index (χ1) is 13.6. The molecule has 2 aromatic rings. The van der Waals surface area contributed by atoms with Crippen LogP contribution in [0.2, 0.25) is 0 Å². The standard InChI is InChI=1S/C20H24N2O6/c1-4-27-19-15(6-5-10-22-19)20(24)28-13-18(23)21-11-9-14-7-8-16(25-2)17(12-14)26-3/h5-8,10,12H,4,9,11,13H2,1-3H3,(H,21,23). The van der Waals surface area contributed by atoms with Gasteiger partial charge in [0.05, 0.1) is 20.8 Å². The summed E-state index contributed by atoms with van der Waals surface area (Å²) in [4.78, 5) is 28.0. The van der Waals surface area contributed by atoms with Gasteiger partial charge in [-0.1, -0.05) is 6.07 Å². The molecule has 0 bridgehead atoms. The third-order valence-electron chi connectivity index (χ3n) is 3.79. The van der Waals surface area contributed by atoms with Crippen molar-refractivity contribution in [3.05, 3.63) is 47.7 Å². The number of methoxy groups -OCH3 is 2. The fourth-order valence-electron chi connectivity index (χ4n) is 2.44. The van der Waals surface area contributed by atoms with Crippen molar-refractivity contribution in [1.82, 2.24) is 10.3 Å². The molecule has 8 nitrogen and oxygen atoms in total. The molecule has 8 heteroatoms. The summed E-state index contributed by atoms with van der Waals surface area (Å²) in [5.74, 6) is 0.400. The summed E-state index contributed by atoms with van der Waals surface area (Å²) in [6.07, 6.45) is 2.11. The molecule has 0 unspecified atom stereocenters. The van der Waals surface area contributed by atoms with Crippen LogP contribution < -0.4 is 19.5 Å². The fourth-order valence-corrected chi connectivity index (χ4v) is 2.44. The number of ether oxygens (including phenoxy) is 4. The van der Waals surface area contributed by atoms with E-state index in [2.05, 4.69) is 10.3 Å². The molecule has 1 aromatic carbocycles. The number of nitrogens with one attached hydrogen (secondary N) is 1. The smallest absolute Gasteiger partial charge is 0.344 e. The van der Waals surface area contributed by atoms with Gasteiger partial charge in [0.25, 0.3) is 5.91 Å². The van der Waals surface area contributed by atoms with Gasteiger partial charge in [0, 0.05) is 12.7 Å². The first kappa shape index (κ1) is 21.0. The fraction of sp³-hybridized carbons (Fsp3) is 0.350. The minimum absolute atomic E-state index is 0.183. The number of amides is 1. The minimum atomic E-state index is -0.661. The third-order valence-corrected chi connectivity index (χ3v) is 3.79. The van der Waals surface area contributed by atoms with Crippen molar-refractivity contribution in [2.75, 3.05) is 34.0 Å². The quantitative estimate of drug-likeness (QED) is 0.622. The number of aromatic nitrogens is 1. The summed E-state index contributed by atoms with van der Waals surface area (Å²) < 4.78 is 20.8. The van der Waals surface area contributed by atoms with Gasteiger partial charge in [-0.3, -0.25) is 4.79 Å². The van der Waals surface area contributed by atoms with E-state index in [1.807, 2.05) is 18.2 Å². The lowest BCUT2D eigenvalue weighted by Gasteiger charge is -2.11. The predicted molar refractivity (Wildman–Crippen MR) is 102 cm³/mol. The average Bonchev–Trinajstić information content (AvgIpc) is 2.72. The molecule has 1 N–H and O–H groups in total. The van der Waals surface area contributed by atoms with Gasteiger partial charge >= 0.3 is 5.97 Å². The molecule has 150 valence electrons. The van der Waals surface area contributed by atoms with Gasteiger partial charge in [0.15, 0.2) is 18.1 Å². The molecule has 0 aliphatic heterocycles. The van der Waals surface area contributed by atoms with Crippen LogP contribution >= 0.6 is 0 Å². The number of hydrogen-bond acceptors (Lipinski definition) is 7. The zero-order valence-corrected chi connectivity index (χ0v) is 16.2. The topological polar surface area (TPSA) is 96.0 Å². The van der Waals surface area contributed by atoms with Crippen molar-refractivity contribution < 1.29 is 28.5 Å². The number of hydrogen-bond donors (Lipinski definition) is 1. The summed E-state index contributed by atoms with van der Waals surface area (Å²) >= 11 is 0. The van der Waals surface area contributed by atoms with Gasteiger partial charge in [-0.2, -0.15) is 0 Å². The number of carbonyl (C=O) groups is 2. The highest BCUT2D eigenvalue weighted by atomic mass is 16.5. The van der Waals surface area contributed by atoms with Gasteiger partial charge in [-0.15, -0.1) is 0 Å². The maximum absolute atomic E-state index is 12.1. The summed E-state index contributed by atoms with van der Waals surface area (Å²) in [6.45, 7) is 2.16. The van der Waals surface area contributed by atoms with Gasteiger partial charge in [-0.05, 0) is 43.2 Å². The van der Waals surface area contributed by atoms with E-state index in [-0.39, 0.29) is 18.1 Å². The summed E-state index contributed by atoms with van der Waals surface area (Å²) in [6, 6.07) is 8.69. The Balaban J connectivity index is 1.79. The number of esters is 1. The summed E-state index contributed by atoms with van der Waals surface area (Å²) in [5.41, 5.74) is 1.16. The normalized spacial score (nSPS) is 10.1. The van der Waals surface area contributed by atoms with Gasteiger partial charge in [0.1, 0.15) is 5.56 Å². The number of pyridine rings is 1. The maximum Gasteiger partial charge on any atom is 0.344 e. The molecule has 2 rings (SSSR count). The van der Waals surface area contributed by atoms with Crippen molar-refractivity contribution in [2.24, 2.45) is 0 Å². The zero-order valence-electron chi connectivity index (χ0n) is 16.2. The molecule has 28 heavy (non-hydrogen) atoms. The van der Waals surface area contributed by atoms with E-state index in [9.17, 15) is 9.59 Å². The highest BCUT2D eigenvalue weighted by Gasteiger charge is 2.16. The second-order valence-corrected chi connectivity index (χ2v) is 5.65. The van der Waals surface area contributed by atoms with Crippen LogP contribution in [0.1, 0.15) is 22.8 Å². The summed E-state index contributed by atoms with van der Waals surface area (Å²) in [7, 11) is 3.14. The third kappa shape index (κ3) is 5.87. The van der Waals surface area contributed by atoms with E-state index in [1.165, 1.54) is 12.3 Å². The van der Waals surface area contributed by atoms with Crippen molar-refractivity contribution in [1.29, 1.82) is 0 Å². The number of benzene rings is 1. The maximum atomic E-state index is 12.1. The van der Waals surface area contributed by atoms with E-state index in [0.29, 0.717) is 31.1 Å². The summed E-state index contributed by atoms with van der Waals surface area (Å²) in [5, 5.41) is 2.71. The lowest BCUT2D eigenvalue weighted by Crippen LogP contribution is -2.30. The molecule has 1 amide bonds. The molecule has 0 atom stereocenters. The average molecular weight is 388 g/mol. The predicted octanol–water partition coefficient (Wildman–Crippen LogP) is 2.01. The highest BCUT2D eigenvalue weighted by molar-refractivity contribution is 5.93. The molecule has 0 fully saturated rings. The Bertz CT molecular complexity index is 809. The van der Waals surface area contributed by atoms with Crippen LogP contribution in [0.5, 0.6) is 17.4 Å². The van der Waals surface area contributed by atoms with Crippen LogP contribution in [0.25, 0.3) is 0 Å². The van der Waals surface area contributed by atoms with E-state index in [1.54, 1.807) is 27.2 Å². The molecular weight excluding hydrogens is 364 g/mol. The van der Waals surface area contributed by atoms with Crippen molar-refractivity contribution in [3.8, 4) is 17.4 Å². The SMILES string of the molecule is CCOc1ncccc1C(=O)OCC(=O)NCCc1ccc(OC)c(OC)c1. The van der Waals surface area contributed by atoms with E-state index in [0.717, 1.165) is 5.56 Å². The highest BCUT2D eigenvalue weighted by Crippen LogP contribution is 2.27. The number of carbonyl (C=O) groups excluding carboxylic acids is 2. The Morgan fingerprint density at radius 3 is 2.61 bits per heavy atom. The molecule has 0 aliphatic carbocycles. The van der Waals surface area contributed by atoms with Crippen molar-refractivity contribution >= 4 is 11.9 Å². The lowest BCUT2D eigenvalue weighted by atomic mass is 10.1. The molecule has 0 aliphatic rings. The van der Waals surface area contributed by atoms with Gasteiger partial charge in [-0.25, -0.2) is 9.78 Å². The minimum Gasteiger partial charge on any atom is -0.493 e. The lowest BCUT2D eigenvalue weighted by molar-refractivity contribution is -0.124. The van der Waals surface area contributed by atoms with E-state index < -0.39 is 11.9 Å². The van der Waals surface area contributed by atoms with Gasteiger partial charge < -0.3 is 24.3 Å². The molecular formula is C20H24N2O6. The van der Waals surface area contributed by atoms with Crippen LogP contribution in [0.3, 0.4) is 0 Å². The first-order valence-corrected chi connectivity index (χ1v) is 8.81. The molecule has 0 saturated heterocycles. The Labute approximate surface area is 163 Å². The van der Waals surface area contributed by atoms with E-state index >= 15 is 0 Å². The van der Waals surface area contributed by atoms with Crippen molar-refractivity contribution in [2.45, 2.75) is 13.3 Å². The Morgan fingerprint density at radius 2 is 1.89 bits per heavy atom. The van der Waals surface area contributed by atoms with E-state index in [4.69, 9.17) is 18.9 Å². The van der Waals surface area contributed by atoms with Crippen LogP contribution in [-0.4, -0.2) is 50.8 Å². The molecule has 1 heterocycles. The Kier molecular flexibility index (Phi) is 8.08. The zero-order chi connectivity index (χ0) is 20.4.